The van der Waals surface area contributed by atoms with Gasteiger partial charge in [-0.15, -0.1) is 0 Å². The zero-order chi connectivity index (χ0) is 17.4. The molecule has 2 unspecified atom stereocenters. The second kappa shape index (κ2) is 6.01. The van der Waals surface area contributed by atoms with Crippen molar-refractivity contribution >= 4 is 22.7 Å². The summed E-state index contributed by atoms with van der Waals surface area (Å²) >= 11 is 0. The molecule has 2 heterocycles. The smallest absolute Gasteiger partial charge is 0.317 e. The monoisotopic (exact) mass is 335 g/mol. The first-order chi connectivity index (χ1) is 12.2. The van der Waals surface area contributed by atoms with Crippen molar-refractivity contribution in [2.24, 2.45) is 5.92 Å². The van der Waals surface area contributed by atoms with Crippen LogP contribution in [0.5, 0.6) is 0 Å². The largest absolute Gasteiger partial charge is 0.465 e. The Morgan fingerprint density at radius 2 is 2.08 bits per heavy atom. The molecule has 3 aromatic rings. The van der Waals surface area contributed by atoms with Crippen LogP contribution in [0.25, 0.3) is 10.8 Å². The number of esters is 1. The molecule has 2 aromatic carbocycles. The quantitative estimate of drug-likeness (QED) is 0.741. The van der Waals surface area contributed by atoms with Crippen LogP contribution in [0, 0.1) is 5.92 Å². The first kappa shape index (κ1) is 15.3. The molecule has 1 aliphatic heterocycles. The third-order valence-corrected chi connectivity index (χ3v) is 4.40. The normalized spacial score (nSPS) is 19.3. The van der Waals surface area contributed by atoms with Gasteiger partial charge in [-0.05, 0) is 33.7 Å². The summed E-state index contributed by atoms with van der Waals surface area (Å²) in [4.78, 5) is 12.7. The molecule has 2 atom stereocenters. The van der Waals surface area contributed by atoms with E-state index in [0.717, 1.165) is 16.3 Å². The summed E-state index contributed by atoms with van der Waals surface area (Å²) in [5.74, 6) is -0.510. The Hall–Kier alpha value is -3.22. The lowest BCUT2D eigenvalue weighted by Crippen LogP contribution is -2.38. The maximum Gasteiger partial charge on any atom is 0.317 e. The van der Waals surface area contributed by atoms with E-state index < -0.39 is 12.0 Å². The maximum atomic E-state index is 12.7. The minimum atomic E-state index is -0.623. The van der Waals surface area contributed by atoms with Crippen LogP contribution in [0.3, 0.4) is 0 Å². The summed E-state index contributed by atoms with van der Waals surface area (Å²) in [5, 5.41) is 16.9. The number of benzene rings is 2. The van der Waals surface area contributed by atoms with Gasteiger partial charge >= 0.3 is 5.97 Å². The van der Waals surface area contributed by atoms with Gasteiger partial charge in [-0.25, -0.2) is 4.68 Å². The summed E-state index contributed by atoms with van der Waals surface area (Å²) in [6.45, 7) is 6.10. The van der Waals surface area contributed by atoms with Crippen LogP contribution in [0.2, 0.25) is 0 Å². The predicted molar refractivity (Wildman–Crippen MR) is 92.8 cm³/mol. The van der Waals surface area contributed by atoms with E-state index in [9.17, 15) is 4.79 Å². The molecule has 0 spiro atoms. The average molecular weight is 335 g/mol. The van der Waals surface area contributed by atoms with Crippen molar-refractivity contribution in [2.75, 3.05) is 11.9 Å². The van der Waals surface area contributed by atoms with Gasteiger partial charge in [-0.2, -0.15) is 0 Å². The number of anilines is 1. The van der Waals surface area contributed by atoms with Gasteiger partial charge < -0.3 is 10.1 Å². The molecule has 25 heavy (non-hydrogen) atoms. The standard InChI is InChI=1S/C18H17N5O2/c1-3-25-17(24)15-11(2)19-18-20-21-22-23(18)16(15)14-10-6-8-12-7-4-5-9-13(12)14/h4-10,15-16H,2-3H2,1H3,(H,19,20,22). The first-order valence-corrected chi connectivity index (χ1v) is 8.08. The number of nitrogens with one attached hydrogen (secondary N) is 1. The third-order valence-electron chi connectivity index (χ3n) is 4.40. The van der Waals surface area contributed by atoms with Crippen LogP contribution in [0.1, 0.15) is 18.5 Å². The zero-order valence-electron chi connectivity index (χ0n) is 13.7. The van der Waals surface area contributed by atoms with Gasteiger partial charge in [0.25, 0.3) is 0 Å². The van der Waals surface area contributed by atoms with Crippen LogP contribution in [0.15, 0.2) is 54.7 Å². The molecule has 126 valence electrons. The number of fused-ring (bicyclic) bond motifs is 2. The maximum absolute atomic E-state index is 12.7. The number of carbonyl (C=O) groups is 1. The highest BCUT2D eigenvalue weighted by molar-refractivity contribution is 5.88. The molecule has 0 saturated heterocycles. The SMILES string of the molecule is C=C1Nc2nnnn2C(c2cccc3ccccc23)C1C(=O)OCC. The van der Waals surface area contributed by atoms with Gasteiger partial charge in [0.15, 0.2) is 0 Å². The van der Waals surface area contributed by atoms with Crippen LogP contribution < -0.4 is 5.32 Å². The van der Waals surface area contributed by atoms with E-state index in [1.165, 1.54) is 0 Å². The Labute approximate surface area is 144 Å². The topological polar surface area (TPSA) is 81.9 Å². The van der Waals surface area contributed by atoms with Gasteiger partial charge in [0, 0.05) is 5.70 Å². The van der Waals surface area contributed by atoms with Gasteiger partial charge in [0.1, 0.15) is 12.0 Å². The Kier molecular flexibility index (Phi) is 3.68. The van der Waals surface area contributed by atoms with Crippen molar-refractivity contribution in [3.05, 3.63) is 60.3 Å². The number of ether oxygens (including phenoxy) is 1. The van der Waals surface area contributed by atoms with Crippen molar-refractivity contribution in [3.63, 3.8) is 0 Å². The number of aromatic nitrogens is 4. The number of nitrogens with zero attached hydrogens (tertiary/aromatic N) is 4. The van der Waals surface area contributed by atoms with Crippen molar-refractivity contribution in [2.45, 2.75) is 13.0 Å². The second-order valence-corrected chi connectivity index (χ2v) is 5.84. The number of hydrogen-bond donors (Lipinski definition) is 1. The summed E-state index contributed by atoms with van der Waals surface area (Å²) in [6.07, 6.45) is 0. The van der Waals surface area contributed by atoms with Gasteiger partial charge in [-0.3, -0.25) is 4.79 Å². The minimum Gasteiger partial charge on any atom is -0.465 e. The summed E-state index contributed by atoms with van der Waals surface area (Å²) < 4.78 is 6.91. The highest BCUT2D eigenvalue weighted by atomic mass is 16.5. The fraction of sp³-hybridized carbons (Fsp3) is 0.222. The summed E-state index contributed by atoms with van der Waals surface area (Å²) in [6, 6.07) is 13.6. The molecule has 0 amide bonds. The Morgan fingerprint density at radius 1 is 1.28 bits per heavy atom. The van der Waals surface area contributed by atoms with Gasteiger partial charge in [0.05, 0.1) is 6.61 Å². The Morgan fingerprint density at radius 3 is 2.92 bits per heavy atom. The number of rotatable bonds is 3. The van der Waals surface area contributed by atoms with Crippen LogP contribution in [-0.4, -0.2) is 32.8 Å². The molecule has 7 nitrogen and oxygen atoms in total. The number of carbonyl (C=O) groups excluding carboxylic acids is 1. The molecule has 0 saturated carbocycles. The van der Waals surface area contributed by atoms with E-state index in [0.29, 0.717) is 18.3 Å². The molecule has 0 bridgehead atoms. The van der Waals surface area contributed by atoms with E-state index in [-0.39, 0.29) is 5.97 Å². The fourth-order valence-electron chi connectivity index (χ4n) is 3.34. The summed E-state index contributed by atoms with van der Waals surface area (Å²) in [7, 11) is 0. The van der Waals surface area contributed by atoms with Crippen LogP contribution in [-0.2, 0) is 9.53 Å². The molecule has 1 N–H and O–H groups in total. The van der Waals surface area contributed by atoms with Crippen molar-refractivity contribution in [1.29, 1.82) is 0 Å². The molecule has 0 fully saturated rings. The Balaban J connectivity index is 1.94. The highest BCUT2D eigenvalue weighted by Crippen LogP contribution is 2.40. The van der Waals surface area contributed by atoms with Crippen molar-refractivity contribution in [3.8, 4) is 0 Å². The van der Waals surface area contributed by atoms with Crippen LogP contribution >= 0.6 is 0 Å². The third kappa shape index (κ3) is 2.44. The molecule has 0 radical (unpaired) electrons. The first-order valence-electron chi connectivity index (χ1n) is 8.08. The van der Waals surface area contributed by atoms with Gasteiger partial charge in [0.2, 0.25) is 5.95 Å². The van der Waals surface area contributed by atoms with Crippen LogP contribution in [0.4, 0.5) is 5.95 Å². The fourth-order valence-corrected chi connectivity index (χ4v) is 3.34. The molecule has 1 aromatic heterocycles. The molecule has 4 rings (SSSR count). The lowest BCUT2D eigenvalue weighted by atomic mass is 9.86. The lowest BCUT2D eigenvalue weighted by molar-refractivity contribution is -0.147. The minimum absolute atomic E-state index is 0.299. The number of tetrazole rings is 1. The van der Waals surface area contributed by atoms with E-state index in [1.54, 1.807) is 11.6 Å². The molecule has 0 aliphatic carbocycles. The summed E-state index contributed by atoms with van der Waals surface area (Å²) in [5.41, 5.74) is 1.48. The van der Waals surface area contributed by atoms with E-state index in [4.69, 9.17) is 4.74 Å². The molecule has 7 heteroatoms. The predicted octanol–water partition coefficient (Wildman–Crippen LogP) is 2.53. The van der Waals surface area contributed by atoms with E-state index in [1.807, 2.05) is 42.5 Å². The Bertz CT molecular complexity index is 960. The number of hydrogen-bond acceptors (Lipinski definition) is 6. The van der Waals surface area contributed by atoms with E-state index in [2.05, 4.69) is 27.4 Å². The van der Waals surface area contributed by atoms with Crippen molar-refractivity contribution in [1.82, 2.24) is 20.2 Å². The van der Waals surface area contributed by atoms with E-state index >= 15 is 0 Å². The van der Waals surface area contributed by atoms with Crippen molar-refractivity contribution < 1.29 is 9.53 Å². The zero-order valence-corrected chi connectivity index (χ0v) is 13.7. The second-order valence-electron chi connectivity index (χ2n) is 5.84. The lowest BCUT2D eigenvalue weighted by Gasteiger charge is -2.33. The molecular formula is C18H17N5O2. The molecule has 1 aliphatic rings. The molecular weight excluding hydrogens is 318 g/mol. The van der Waals surface area contributed by atoms with Gasteiger partial charge in [-0.1, -0.05) is 54.1 Å². The highest BCUT2D eigenvalue weighted by Gasteiger charge is 2.41. The average Bonchev–Trinajstić information content (AvgIpc) is 3.08.